The zero-order chi connectivity index (χ0) is 20.6. The molecule has 6 heteroatoms. The monoisotopic (exact) mass is 480 g/mol. The first-order valence-corrected chi connectivity index (χ1v) is 10.8. The van der Waals surface area contributed by atoms with Crippen LogP contribution in [0.4, 0.5) is 0 Å². The summed E-state index contributed by atoms with van der Waals surface area (Å²) >= 11 is 0. The molecule has 0 aromatic heterocycles. The summed E-state index contributed by atoms with van der Waals surface area (Å²) in [5.74, 6) is -0.835. The van der Waals surface area contributed by atoms with Crippen molar-refractivity contribution in [2.75, 3.05) is 0 Å². The Hall–Kier alpha value is -0.235. The number of ether oxygens (including phenoxy) is 1. The molecule has 1 saturated heterocycles. The molecule has 1 aliphatic heterocycles. The molecule has 5 rings (SSSR count). The largest absolute Gasteiger partial charge is 1.00 e. The maximum atomic E-state index is 12.7. The van der Waals surface area contributed by atoms with Crippen LogP contribution in [0, 0.1) is 28.6 Å². The van der Waals surface area contributed by atoms with Gasteiger partial charge in [-0.3, -0.25) is 9.59 Å². The summed E-state index contributed by atoms with van der Waals surface area (Å²) < 4.78 is 5.94. The summed E-state index contributed by atoms with van der Waals surface area (Å²) in [7, 11) is 0. The topological polar surface area (TPSA) is 77.5 Å². The van der Waals surface area contributed by atoms with Gasteiger partial charge in [-0.25, -0.2) is 0 Å². The maximum Gasteiger partial charge on any atom is 1.00 e. The number of fused-ring (bicyclic) bond motifs is 6. The number of Topliss-reactive ketones (excluding diaryl/α,β-unsaturated/α-hetero) is 1. The first-order valence-electron chi connectivity index (χ1n) is 10.8. The van der Waals surface area contributed by atoms with Crippen LogP contribution in [0.15, 0.2) is 23.3 Å². The number of carbonyl (C=O) groups excluding carboxylic acids is 4. The number of hydrogen-bond donors (Lipinski definition) is 0. The van der Waals surface area contributed by atoms with E-state index in [1.54, 1.807) is 12.4 Å². The van der Waals surface area contributed by atoms with Crippen molar-refractivity contribution in [3.63, 3.8) is 0 Å². The van der Waals surface area contributed by atoms with Crippen LogP contribution in [-0.2, 0) is 23.9 Å². The standard InChI is InChI=1S/C24H27O5.Rb/c1-22-7-3-15(26)11-14(22)12-16(19(27)13-25)21-17(22)4-8-23(2)18(21)5-9-24(23)10-6-20(28)29-24;/h4,11,16,18,21H,3,5-10,12H2,1-2H3;/q-1;+1/t16-,18-,21+,22-,23-,24+;/m0./s1. The van der Waals surface area contributed by atoms with E-state index in [9.17, 15) is 19.2 Å². The van der Waals surface area contributed by atoms with Gasteiger partial charge in [-0.2, -0.15) is 6.29 Å². The van der Waals surface area contributed by atoms with Crippen LogP contribution < -0.4 is 58.2 Å². The zero-order valence-corrected chi connectivity index (χ0v) is 23.0. The Labute approximate surface area is 226 Å². The van der Waals surface area contributed by atoms with Crippen molar-refractivity contribution in [1.29, 1.82) is 0 Å². The molecule has 0 unspecified atom stereocenters. The number of ketones is 2. The molecule has 0 N–H and O–H groups in total. The van der Waals surface area contributed by atoms with E-state index in [1.165, 1.54) is 5.57 Å². The smallest absolute Gasteiger partial charge is 0.534 e. The van der Waals surface area contributed by atoms with Crippen molar-refractivity contribution in [3.05, 3.63) is 23.3 Å². The molecular formula is C24H27O5Rb. The van der Waals surface area contributed by atoms with Gasteiger partial charge in [0.25, 0.3) is 0 Å². The molecule has 30 heavy (non-hydrogen) atoms. The molecule has 154 valence electrons. The molecule has 1 spiro atoms. The molecule has 1 heterocycles. The third-order valence-electron chi connectivity index (χ3n) is 9.16. The molecule has 0 aromatic carbocycles. The van der Waals surface area contributed by atoms with Crippen molar-refractivity contribution in [2.45, 2.75) is 70.8 Å². The summed E-state index contributed by atoms with van der Waals surface area (Å²) in [4.78, 5) is 48.2. The number of allylic oxidation sites excluding steroid dienone is 4. The quantitative estimate of drug-likeness (QED) is 0.248. The normalized spacial score (nSPS) is 44.1. The Morgan fingerprint density at radius 1 is 1.17 bits per heavy atom. The van der Waals surface area contributed by atoms with E-state index < -0.39 is 17.3 Å². The Bertz CT molecular complexity index is 903. The van der Waals surface area contributed by atoms with E-state index in [1.807, 2.05) is 0 Å². The molecule has 0 radical (unpaired) electrons. The predicted molar refractivity (Wildman–Crippen MR) is 104 cm³/mol. The fourth-order valence-electron chi connectivity index (χ4n) is 7.48. The van der Waals surface area contributed by atoms with Gasteiger partial charge in [0.15, 0.2) is 5.78 Å². The minimum Gasteiger partial charge on any atom is -0.534 e. The van der Waals surface area contributed by atoms with Crippen molar-refractivity contribution < 1.29 is 82.1 Å². The van der Waals surface area contributed by atoms with Crippen molar-refractivity contribution >= 4 is 23.8 Å². The Kier molecular flexibility index (Phi) is 5.87. The van der Waals surface area contributed by atoms with Gasteiger partial charge >= 0.3 is 64.2 Å². The molecule has 5 aliphatic rings. The number of rotatable bonds is 2. The molecule has 2 saturated carbocycles. The predicted octanol–water partition coefficient (Wildman–Crippen LogP) is 0.423. The second-order valence-electron chi connectivity index (χ2n) is 10.2. The van der Waals surface area contributed by atoms with E-state index in [4.69, 9.17) is 4.74 Å². The Morgan fingerprint density at radius 3 is 2.60 bits per heavy atom. The number of hydrogen-bond acceptors (Lipinski definition) is 5. The Balaban J connectivity index is 0.00000218. The third-order valence-corrected chi connectivity index (χ3v) is 9.16. The average Bonchev–Trinajstić information content (AvgIpc) is 3.22. The van der Waals surface area contributed by atoms with Gasteiger partial charge in [0, 0.05) is 35.4 Å². The summed E-state index contributed by atoms with van der Waals surface area (Å²) in [6.45, 7) is 4.40. The fourth-order valence-corrected chi connectivity index (χ4v) is 7.48. The van der Waals surface area contributed by atoms with Gasteiger partial charge in [-0.1, -0.05) is 31.1 Å². The first-order chi connectivity index (χ1) is 13.7. The van der Waals surface area contributed by atoms with E-state index in [0.717, 1.165) is 37.7 Å². The molecule has 3 fully saturated rings. The maximum absolute atomic E-state index is 12.7. The summed E-state index contributed by atoms with van der Waals surface area (Å²) in [5, 5.41) is 0. The van der Waals surface area contributed by atoms with Crippen LogP contribution in [-0.4, -0.2) is 29.4 Å². The Morgan fingerprint density at radius 2 is 1.93 bits per heavy atom. The SMILES string of the molecule is C[C@]12CCC(=O)C=C1C[C@@H](C(=O)[C-]=O)[C@@H]1C2=CC[C@@]2(C)[C@H]1CC[C@@]21CCC(=O)O1.[Rb+]. The molecule has 4 aliphatic carbocycles. The van der Waals surface area contributed by atoms with Crippen LogP contribution >= 0.6 is 0 Å². The fraction of sp³-hybridized carbons (Fsp3) is 0.667. The summed E-state index contributed by atoms with van der Waals surface area (Å²) in [5.41, 5.74) is 1.32. The molecule has 5 nitrogen and oxygen atoms in total. The van der Waals surface area contributed by atoms with Crippen molar-refractivity contribution in [3.8, 4) is 0 Å². The van der Waals surface area contributed by atoms with Crippen LogP contribution in [0.1, 0.15) is 65.2 Å². The zero-order valence-electron chi connectivity index (χ0n) is 18.1. The molecular weight excluding hydrogens is 454 g/mol. The minimum atomic E-state index is -0.490. The van der Waals surface area contributed by atoms with E-state index in [2.05, 4.69) is 19.9 Å². The van der Waals surface area contributed by atoms with Gasteiger partial charge in [0.2, 0.25) is 0 Å². The molecule has 0 amide bonds. The summed E-state index contributed by atoms with van der Waals surface area (Å²) in [6, 6.07) is 0. The second-order valence-corrected chi connectivity index (χ2v) is 10.2. The number of esters is 1. The first kappa shape index (κ1) is 22.9. The molecule has 0 bridgehead atoms. The average molecular weight is 481 g/mol. The second kappa shape index (κ2) is 7.67. The molecule has 6 atom stereocenters. The van der Waals surface area contributed by atoms with Crippen molar-refractivity contribution in [2.24, 2.45) is 28.6 Å². The minimum absolute atomic E-state index is 0. The third kappa shape index (κ3) is 2.98. The van der Waals surface area contributed by atoms with Crippen LogP contribution in [0.5, 0.6) is 0 Å². The van der Waals surface area contributed by atoms with Crippen molar-refractivity contribution in [1.82, 2.24) is 0 Å². The van der Waals surface area contributed by atoms with Crippen LogP contribution in [0.2, 0.25) is 0 Å². The van der Waals surface area contributed by atoms with Gasteiger partial charge in [0.05, 0.1) is 0 Å². The van der Waals surface area contributed by atoms with Gasteiger partial charge < -0.3 is 14.3 Å². The summed E-state index contributed by atoms with van der Waals surface area (Å²) in [6.07, 6.45) is 11.1. The van der Waals surface area contributed by atoms with E-state index in [0.29, 0.717) is 19.3 Å². The van der Waals surface area contributed by atoms with Gasteiger partial charge in [0.1, 0.15) is 5.60 Å². The van der Waals surface area contributed by atoms with Gasteiger partial charge in [-0.15, -0.1) is 0 Å². The molecule has 0 aromatic rings. The van der Waals surface area contributed by atoms with Gasteiger partial charge in [-0.05, 0) is 56.4 Å². The van der Waals surface area contributed by atoms with E-state index in [-0.39, 0.29) is 92.6 Å². The van der Waals surface area contributed by atoms with Crippen LogP contribution in [0.3, 0.4) is 0 Å². The number of carbonyl (C=O) groups is 3. The van der Waals surface area contributed by atoms with E-state index >= 15 is 0 Å². The van der Waals surface area contributed by atoms with Crippen LogP contribution in [0.25, 0.3) is 0 Å².